The Bertz CT molecular complexity index is 213. The molecular weight excluding hydrogens is 202 g/mol. The van der Waals surface area contributed by atoms with Crippen molar-refractivity contribution < 1.29 is 31.4 Å². The molecule has 77 valence electrons. The summed E-state index contributed by atoms with van der Waals surface area (Å²) in [4.78, 5) is 0. The molecule has 1 fully saturated rings. The fraction of sp³-hybridized carbons (Fsp3) is 1.00. The maximum Gasteiger partial charge on any atom is 0.373 e. The van der Waals surface area contributed by atoms with E-state index in [1.807, 2.05) is 0 Å². The summed E-state index contributed by atoms with van der Waals surface area (Å²) in [5.74, 6) is -15.3. The average Bonchev–Trinajstić information content (AvgIpc) is 1.97. The fourth-order valence-corrected chi connectivity index (χ4v) is 1.10. The zero-order chi connectivity index (χ0) is 10.5. The molecule has 0 heterocycles. The van der Waals surface area contributed by atoms with Crippen molar-refractivity contribution in [3.8, 4) is 0 Å². The minimum absolute atomic E-state index is 1.19. The minimum atomic E-state index is -5.49. The molecule has 0 aromatic carbocycles. The van der Waals surface area contributed by atoms with Gasteiger partial charge >= 0.3 is 17.7 Å². The van der Waals surface area contributed by atoms with E-state index in [9.17, 15) is 31.4 Å². The van der Waals surface area contributed by atoms with Crippen LogP contribution in [0.3, 0.4) is 0 Å². The molecule has 0 spiro atoms. The molecule has 0 amide bonds. The van der Waals surface area contributed by atoms with Gasteiger partial charge in [0, 0.05) is 6.42 Å². The monoisotopic (exact) mass is 207 g/mol. The largest absolute Gasteiger partial charge is 0.373 e. The maximum absolute atomic E-state index is 12.4. The van der Waals surface area contributed by atoms with Crippen LogP contribution in [0.5, 0.6) is 0 Å². The number of hydrogen-bond acceptors (Lipinski definition) is 0. The zero-order valence-electron chi connectivity index (χ0n) is 6.17. The Morgan fingerprint density at radius 3 is 1.92 bits per heavy atom. The van der Waals surface area contributed by atoms with E-state index in [4.69, 9.17) is 0 Å². The Kier molecular flexibility index (Phi) is 2.06. The van der Waals surface area contributed by atoms with Crippen LogP contribution in [0.15, 0.2) is 0 Å². The summed E-state index contributed by atoms with van der Waals surface area (Å²) in [6.45, 7) is 0. The molecule has 2 atom stereocenters. The van der Waals surface area contributed by atoms with Gasteiger partial charge in [0.2, 0.25) is 0 Å². The Morgan fingerprint density at radius 2 is 1.54 bits per heavy atom. The third-order valence-corrected chi connectivity index (χ3v) is 2.00. The van der Waals surface area contributed by atoms with Crippen molar-refractivity contribution in [2.24, 2.45) is 0 Å². The van der Waals surface area contributed by atoms with E-state index in [2.05, 4.69) is 0 Å². The van der Waals surface area contributed by atoms with Gasteiger partial charge in [0.05, 0.1) is 0 Å². The standard InChI is InChI=1S/C6H5F6O/c7-3-1-2-4(8,13)6(11,12)5(3,9)10/h3H,1-2H2. The van der Waals surface area contributed by atoms with Crippen LogP contribution in [0.25, 0.3) is 0 Å². The number of hydrogen-bond donors (Lipinski definition) is 0. The van der Waals surface area contributed by atoms with Crippen LogP contribution in [-0.4, -0.2) is 23.9 Å². The first-order valence-electron chi connectivity index (χ1n) is 3.42. The summed E-state index contributed by atoms with van der Waals surface area (Å²) < 4.78 is 73.9. The highest BCUT2D eigenvalue weighted by atomic mass is 19.3. The summed E-state index contributed by atoms with van der Waals surface area (Å²) >= 11 is 0. The molecule has 1 nitrogen and oxygen atoms in total. The molecular formula is C6H5F6O. The number of alkyl halides is 6. The molecule has 0 bridgehead atoms. The lowest BCUT2D eigenvalue weighted by Gasteiger charge is -2.38. The van der Waals surface area contributed by atoms with Gasteiger partial charge in [-0.3, -0.25) is 0 Å². The fourth-order valence-electron chi connectivity index (χ4n) is 1.10. The lowest BCUT2D eigenvalue weighted by Crippen LogP contribution is -2.63. The van der Waals surface area contributed by atoms with Crippen molar-refractivity contribution >= 4 is 0 Å². The van der Waals surface area contributed by atoms with E-state index < -0.39 is 36.7 Å². The molecule has 1 radical (unpaired) electrons. The van der Waals surface area contributed by atoms with E-state index in [1.54, 1.807) is 0 Å². The van der Waals surface area contributed by atoms with Gasteiger partial charge in [0.25, 0.3) is 0 Å². The van der Waals surface area contributed by atoms with Crippen molar-refractivity contribution in [2.45, 2.75) is 36.7 Å². The molecule has 0 aromatic rings. The van der Waals surface area contributed by atoms with Gasteiger partial charge in [0.1, 0.15) is 0 Å². The van der Waals surface area contributed by atoms with Gasteiger partial charge in [-0.25, -0.2) is 8.78 Å². The summed E-state index contributed by atoms with van der Waals surface area (Å²) in [6, 6.07) is 0. The van der Waals surface area contributed by atoms with Crippen LogP contribution < -0.4 is 0 Å². The summed E-state index contributed by atoms with van der Waals surface area (Å²) in [5, 5.41) is 10.3. The van der Waals surface area contributed by atoms with Crippen LogP contribution in [0.1, 0.15) is 12.8 Å². The van der Waals surface area contributed by atoms with Gasteiger partial charge in [-0.1, -0.05) is 0 Å². The first-order chi connectivity index (χ1) is 5.63. The van der Waals surface area contributed by atoms with Crippen molar-refractivity contribution in [3.05, 3.63) is 0 Å². The summed E-state index contributed by atoms with van der Waals surface area (Å²) in [7, 11) is 0. The molecule has 7 heteroatoms. The van der Waals surface area contributed by atoms with Gasteiger partial charge in [-0.15, -0.1) is 0 Å². The Labute approximate surface area is 69.3 Å². The SMILES string of the molecule is [O]C1(F)CCC(F)C(F)(F)C1(F)F. The highest BCUT2D eigenvalue weighted by Crippen LogP contribution is 2.52. The van der Waals surface area contributed by atoms with Crippen molar-refractivity contribution in [1.29, 1.82) is 0 Å². The molecule has 1 saturated carbocycles. The quantitative estimate of drug-likeness (QED) is 0.544. The second-order valence-electron chi connectivity index (χ2n) is 2.93. The molecule has 0 N–H and O–H groups in total. The van der Waals surface area contributed by atoms with Gasteiger partial charge < -0.3 is 0 Å². The summed E-state index contributed by atoms with van der Waals surface area (Å²) in [6.07, 6.45) is -5.81. The average molecular weight is 207 g/mol. The third kappa shape index (κ3) is 1.20. The maximum atomic E-state index is 12.4. The smallest absolute Gasteiger partial charge is 0.241 e. The molecule has 0 aromatic heterocycles. The predicted molar refractivity (Wildman–Crippen MR) is 28.5 cm³/mol. The lowest BCUT2D eigenvalue weighted by molar-refractivity contribution is -0.383. The molecule has 1 rings (SSSR count). The third-order valence-electron chi connectivity index (χ3n) is 2.00. The normalized spacial score (nSPS) is 43.2. The highest BCUT2D eigenvalue weighted by molar-refractivity contribution is 5.04. The Morgan fingerprint density at radius 1 is 1.08 bits per heavy atom. The zero-order valence-corrected chi connectivity index (χ0v) is 6.17. The van der Waals surface area contributed by atoms with Crippen molar-refractivity contribution in [3.63, 3.8) is 0 Å². The molecule has 1 aliphatic carbocycles. The van der Waals surface area contributed by atoms with Crippen molar-refractivity contribution in [2.75, 3.05) is 0 Å². The number of rotatable bonds is 0. The van der Waals surface area contributed by atoms with Crippen LogP contribution in [0, 0.1) is 0 Å². The number of halogens is 6. The van der Waals surface area contributed by atoms with E-state index in [-0.39, 0.29) is 0 Å². The van der Waals surface area contributed by atoms with Gasteiger partial charge in [0.15, 0.2) is 6.17 Å². The lowest BCUT2D eigenvalue weighted by atomic mass is 9.87. The van der Waals surface area contributed by atoms with E-state index in [0.717, 1.165) is 0 Å². The second-order valence-corrected chi connectivity index (χ2v) is 2.93. The first kappa shape index (κ1) is 10.6. The van der Waals surface area contributed by atoms with Crippen LogP contribution >= 0.6 is 0 Å². The highest BCUT2D eigenvalue weighted by Gasteiger charge is 2.76. The summed E-state index contributed by atoms with van der Waals surface area (Å²) in [5.41, 5.74) is 0. The van der Waals surface area contributed by atoms with Gasteiger partial charge in [-0.2, -0.15) is 22.7 Å². The molecule has 0 aliphatic heterocycles. The van der Waals surface area contributed by atoms with Crippen LogP contribution in [0.2, 0.25) is 0 Å². The van der Waals surface area contributed by atoms with Crippen molar-refractivity contribution in [1.82, 2.24) is 0 Å². The van der Waals surface area contributed by atoms with E-state index in [1.165, 1.54) is 0 Å². The second kappa shape index (κ2) is 2.52. The van der Waals surface area contributed by atoms with Crippen LogP contribution in [0.4, 0.5) is 26.3 Å². The van der Waals surface area contributed by atoms with Crippen LogP contribution in [-0.2, 0) is 5.11 Å². The van der Waals surface area contributed by atoms with E-state index >= 15 is 0 Å². The minimum Gasteiger partial charge on any atom is -0.241 e. The molecule has 1 aliphatic rings. The Balaban J connectivity index is 3.07. The topological polar surface area (TPSA) is 19.9 Å². The molecule has 2 unspecified atom stereocenters. The Hall–Kier alpha value is -0.460. The predicted octanol–water partition coefficient (Wildman–Crippen LogP) is 2.49. The molecule has 13 heavy (non-hydrogen) atoms. The van der Waals surface area contributed by atoms with Gasteiger partial charge in [-0.05, 0) is 6.42 Å². The molecule has 0 saturated heterocycles. The van der Waals surface area contributed by atoms with E-state index in [0.29, 0.717) is 0 Å². The first-order valence-corrected chi connectivity index (χ1v) is 3.42.